The van der Waals surface area contributed by atoms with Crippen molar-refractivity contribution in [2.24, 2.45) is 5.41 Å². The van der Waals surface area contributed by atoms with E-state index in [1.54, 1.807) is 7.11 Å². The molecule has 6 nitrogen and oxygen atoms in total. The lowest BCUT2D eigenvalue weighted by molar-refractivity contribution is -0.138. The van der Waals surface area contributed by atoms with Crippen LogP contribution in [0.5, 0.6) is 0 Å². The molecule has 124 valence electrons. The molecule has 3 aliphatic heterocycles. The van der Waals surface area contributed by atoms with Crippen molar-refractivity contribution >= 4 is 11.9 Å². The molecule has 1 spiro atoms. The van der Waals surface area contributed by atoms with Crippen LogP contribution in [-0.4, -0.2) is 79.6 Å². The zero-order valence-electron chi connectivity index (χ0n) is 13.6. The van der Waals surface area contributed by atoms with Gasteiger partial charge in [-0.3, -0.25) is 4.79 Å². The van der Waals surface area contributed by atoms with Crippen molar-refractivity contribution in [3.8, 4) is 0 Å². The van der Waals surface area contributed by atoms with Gasteiger partial charge in [-0.1, -0.05) is 0 Å². The third kappa shape index (κ3) is 2.81. The number of amides is 3. The molecular formula is C16H27N3O3. The molecule has 0 N–H and O–H groups in total. The van der Waals surface area contributed by atoms with Gasteiger partial charge in [-0.25, -0.2) is 4.79 Å². The molecule has 3 aliphatic rings. The lowest BCUT2D eigenvalue weighted by atomic mass is 9.78. The van der Waals surface area contributed by atoms with E-state index in [1.165, 1.54) is 0 Å². The molecule has 0 saturated carbocycles. The van der Waals surface area contributed by atoms with E-state index in [-0.39, 0.29) is 17.4 Å². The number of carbonyl (C=O) groups excluding carboxylic acids is 2. The van der Waals surface area contributed by atoms with Gasteiger partial charge in [0.25, 0.3) is 0 Å². The zero-order chi connectivity index (χ0) is 15.6. The number of likely N-dealkylation sites (tertiary alicyclic amines) is 3. The summed E-state index contributed by atoms with van der Waals surface area (Å²) in [6.07, 6.45) is 4.94. The van der Waals surface area contributed by atoms with Crippen molar-refractivity contribution < 1.29 is 14.3 Å². The average molecular weight is 309 g/mol. The second-order valence-electron chi connectivity index (χ2n) is 6.82. The van der Waals surface area contributed by atoms with Crippen LogP contribution in [0.1, 0.15) is 32.1 Å². The largest absolute Gasteiger partial charge is 0.383 e. The fourth-order valence-corrected chi connectivity index (χ4v) is 4.09. The van der Waals surface area contributed by atoms with Crippen molar-refractivity contribution in [1.82, 2.24) is 14.7 Å². The summed E-state index contributed by atoms with van der Waals surface area (Å²) in [7, 11) is 1.66. The Bertz CT molecular complexity index is 436. The fraction of sp³-hybridized carbons (Fsp3) is 0.875. The van der Waals surface area contributed by atoms with Crippen LogP contribution in [-0.2, 0) is 9.53 Å². The Balaban J connectivity index is 1.64. The summed E-state index contributed by atoms with van der Waals surface area (Å²) in [5.74, 6) is 0.225. The maximum Gasteiger partial charge on any atom is 0.320 e. The first-order chi connectivity index (χ1) is 10.7. The van der Waals surface area contributed by atoms with E-state index in [4.69, 9.17) is 4.74 Å². The lowest BCUT2D eigenvalue weighted by Crippen LogP contribution is -2.53. The molecule has 1 atom stereocenters. The third-order valence-corrected chi connectivity index (χ3v) is 5.39. The van der Waals surface area contributed by atoms with E-state index < -0.39 is 0 Å². The topological polar surface area (TPSA) is 53.1 Å². The number of hydrogen-bond donors (Lipinski definition) is 0. The number of ether oxygens (including phenoxy) is 1. The first-order valence-corrected chi connectivity index (χ1v) is 8.48. The van der Waals surface area contributed by atoms with E-state index in [0.29, 0.717) is 19.7 Å². The lowest BCUT2D eigenvalue weighted by Gasteiger charge is -2.40. The van der Waals surface area contributed by atoms with Gasteiger partial charge in [-0.05, 0) is 32.1 Å². The molecule has 3 heterocycles. The molecule has 3 fully saturated rings. The van der Waals surface area contributed by atoms with Crippen molar-refractivity contribution in [2.75, 3.05) is 53.0 Å². The summed E-state index contributed by atoms with van der Waals surface area (Å²) in [6.45, 7) is 5.18. The molecule has 0 aliphatic carbocycles. The highest BCUT2D eigenvalue weighted by molar-refractivity contribution is 5.86. The summed E-state index contributed by atoms with van der Waals surface area (Å²) in [4.78, 5) is 31.2. The Labute approximate surface area is 132 Å². The van der Waals surface area contributed by atoms with Gasteiger partial charge in [0.1, 0.15) is 0 Å². The second-order valence-corrected chi connectivity index (χ2v) is 6.82. The van der Waals surface area contributed by atoms with Crippen LogP contribution in [0.4, 0.5) is 4.79 Å². The molecule has 0 radical (unpaired) electrons. The smallest absolute Gasteiger partial charge is 0.320 e. The first kappa shape index (κ1) is 15.6. The van der Waals surface area contributed by atoms with E-state index in [2.05, 4.69) is 0 Å². The Kier molecular flexibility index (Phi) is 4.57. The summed E-state index contributed by atoms with van der Waals surface area (Å²) in [6, 6.07) is 0.139. The number of hydrogen-bond acceptors (Lipinski definition) is 3. The van der Waals surface area contributed by atoms with E-state index >= 15 is 0 Å². The molecule has 3 amide bonds. The van der Waals surface area contributed by atoms with Crippen molar-refractivity contribution in [2.45, 2.75) is 32.1 Å². The van der Waals surface area contributed by atoms with Crippen LogP contribution in [0.15, 0.2) is 0 Å². The quantitative estimate of drug-likeness (QED) is 0.786. The summed E-state index contributed by atoms with van der Waals surface area (Å²) in [5.41, 5.74) is -0.332. The van der Waals surface area contributed by atoms with Crippen LogP contribution in [0.3, 0.4) is 0 Å². The molecule has 3 rings (SSSR count). The maximum absolute atomic E-state index is 12.8. The molecule has 6 heteroatoms. The minimum absolute atomic E-state index is 0.139. The van der Waals surface area contributed by atoms with E-state index in [0.717, 1.165) is 58.3 Å². The van der Waals surface area contributed by atoms with Crippen molar-refractivity contribution in [3.63, 3.8) is 0 Å². The number of methoxy groups -OCH3 is 1. The number of nitrogens with zero attached hydrogens (tertiary/aromatic N) is 3. The SMILES string of the molecule is COCCN1CCC2(CCCN(C(=O)N3CCCC3)C2)C1=O. The van der Waals surface area contributed by atoms with Gasteiger partial charge in [-0.2, -0.15) is 0 Å². The Morgan fingerprint density at radius 2 is 1.82 bits per heavy atom. The highest BCUT2D eigenvalue weighted by atomic mass is 16.5. The summed E-state index contributed by atoms with van der Waals surface area (Å²) < 4.78 is 5.09. The normalized spacial score (nSPS) is 29.0. The van der Waals surface area contributed by atoms with Gasteiger partial charge in [0.05, 0.1) is 12.0 Å². The fourth-order valence-electron chi connectivity index (χ4n) is 4.09. The standard InChI is InChI=1S/C16H27N3O3/c1-22-12-11-17-10-6-16(14(17)20)5-4-9-19(13-16)15(21)18-7-2-3-8-18/h2-13H2,1H3. The van der Waals surface area contributed by atoms with Gasteiger partial charge in [0.15, 0.2) is 0 Å². The highest BCUT2D eigenvalue weighted by Gasteiger charge is 2.49. The van der Waals surface area contributed by atoms with Gasteiger partial charge in [0.2, 0.25) is 5.91 Å². The molecule has 22 heavy (non-hydrogen) atoms. The predicted molar refractivity (Wildman–Crippen MR) is 82.5 cm³/mol. The number of rotatable bonds is 3. The Morgan fingerprint density at radius 3 is 2.55 bits per heavy atom. The van der Waals surface area contributed by atoms with Crippen molar-refractivity contribution in [3.05, 3.63) is 0 Å². The molecule has 3 saturated heterocycles. The molecule has 0 aromatic rings. The summed E-state index contributed by atoms with van der Waals surface area (Å²) in [5, 5.41) is 0. The van der Waals surface area contributed by atoms with Crippen LogP contribution < -0.4 is 0 Å². The molecule has 0 aromatic heterocycles. The van der Waals surface area contributed by atoms with Crippen molar-refractivity contribution in [1.29, 1.82) is 0 Å². The van der Waals surface area contributed by atoms with Gasteiger partial charge in [-0.15, -0.1) is 0 Å². The predicted octanol–water partition coefficient (Wildman–Crippen LogP) is 1.16. The Hall–Kier alpha value is -1.30. The van der Waals surface area contributed by atoms with Gasteiger partial charge < -0.3 is 19.4 Å². The van der Waals surface area contributed by atoms with E-state index in [9.17, 15) is 9.59 Å². The molecule has 0 aromatic carbocycles. The van der Waals surface area contributed by atoms with Gasteiger partial charge >= 0.3 is 6.03 Å². The van der Waals surface area contributed by atoms with Crippen LogP contribution in [0.25, 0.3) is 0 Å². The van der Waals surface area contributed by atoms with Crippen LogP contribution in [0, 0.1) is 5.41 Å². The average Bonchev–Trinajstić information content (AvgIpc) is 3.16. The van der Waals surface area contributed by atoms with E-state index in [1.807, 2.05) is 14.7 Å². The van der Waals surface area contributed by atoms with Gasteiger partial charge in [0, 0.05) is 46.4 Å². The number of piperidine rings is 1. The number of urea groups is 1. The zero-order valence-corrected chi connectivity index (χ0v) is 13.6. The first-order valence-electron chi connectivity index (χ1n) is 8.48. The van der Waals surface area contributed by atoms with Crippen LogP contribution in [0.2, 0.25) is 0 Å². The highest BCUT2D eigenvalue weighted by Crippen LogP contribution is 2.40. The summed E-state index contributed by atoms with van der Waals surface area (Å²) >= 11 is 0. The third-order valence-electron chi connectivity index (χ3n) is 5.39. The molecule has 1 unspecified atom stereocenters. The molecule has 0 bridgehead atoms. The molecular weight excluding hydrogens is 282 g/mol. The monoisotopic (exact) mass is 309 g/mol. The minimum Gasteiger partial charge on any atom is -0.383 e. The number of carbonyl (C=O) groups is 2. The Morgan fingerprint density at radius 1 is 1.09 bits per heavy atom. The van der Waals surface area contributed by atoms with Crippen LogP contribution >= 0.6 is 0 Å². The second kappa shape index (κ2) is 6.44. The minimum atomic E-state index is -0.332. The maximum atomic E-state index is 12.8.